The summed E-state index contributed by atoms with van der Waals surface area (Å²) in [5, 5.41) is 8.17. The molecule has 2 rings (SSSR count). The van der Waals surface area contributed by atoms with Crippen LogP contribution in [0.4, 0.5) is 0 Å². The lowest BCUT2D eigenvalue weighted by Crippen LogP contribution is -2.09. The molecule has 0 aliphatic carbocycles. The molecule has 0 radical (unpaired) electrons. The standard InChI is InChI=1S/C14H20N4O3/c1-4-20-14(21-5-2)12-10-18(17-16-12)9-11-7-6-8-13(15-11)19-3/h6-8,10,14H,4-5,9H2,1-3H3. The maximum atomic E-state index is 5.49. The Labute approximate surface area is 123 Å². The number of hydrogen-bond acceptors (Lipinski definition) is 6. The van der Waals surface area contributed by atoms with Crippen molar-refractivity contribution in [3.05, 3.63) is 35.8 Å². The highest BCUT2D eigenvalue weighted by Gasteiger charge is 2.15. The molecule has 7 nitrogen and oxygen atoms in total. The van der Waals surface area contributed by atoms with E-state index in [-0.39, 0.29) is 0 Å². The molecule has 2 aromatic rings. The van der Waals surface area contributed by atoms with Gasteiger partial charge in [0.25, 0.3) is 0 Å². The molecule has 0 aromatic carbocycles. The largest absolute Gasteiger partial charge is 0.481 e. The van der Waals surface area contributed by atoms with E-state index in [0.29, 0.717) is 31.3 Å². The highest BCUT2D eigenvalue weighted by atomic mass is 16.7. The van der Waals surface area contributed by atoms with Crippen LogP contribution in [0.3, 0.4) is 0 Å². The first-order valence-corrected chi connectivity index (χ1v) is 6.90. The van der Waals surface area contributed by atoms with Crippen LogP contribution >= 0.6 is 0 Å². The van der Waals surface area contributed by atoms with E-state index >= 15 is 0 Å². The maximum absolute atomic E-state index is 5.49. The second-order valence-corrected chi connectivity index (χ2v) is 4.25. The molecule has 21 heavy (non-hydrogen) atoms. The van der Waals surface area contributed by atoms with Crippen LogP contribution < -0.4 is 4.74 Å². The third kappa shape index (κ3) is 4.24. The van der Waals surface area contributed by atoms with Gasteiger partial charge in [-0.2, -0.15) is 0 Å². The second-order valence-electron chi connectivity index (χ2n) is 4.25. The van der Waals surface area contributed by atoms with Crippen LogP contribution in [0, 0.1) is 0 Å². The lowest BCUT2D eigenvalue weighted by Gasteiger charge is -2.13. The molecular weight excluding hydrogens is 272 g/mol. The van der Waals surface area contributed by atoms with E-state index in [0.717, 1.165) is 5.69 Å². The molecule has 0 fully saturated rings. The van der Waals surface area contributed by atoms with Gasteiger partial charge in [-0.25, -0.2) is 9.67 Å². The maximum Gasteiger partial charge on any atom is 0.213 e. The highest BCUT2D eigenvalue weighted by Crippen LogP contribution is 2.16. The molecule has 2 heterocycles. The van der Waals surface area contributed by atoms with Crippen molar-refractivity contribution in [1.29, 1.82) is 0 Å². The lowest BCUT2D eigenvalue weighted by atomic mass is 10.3. The Balaban J connectivity index is 2.07. The summed E-state index contributed by atoms with van der Waals surface area (Å²) in [6.45, 7) is 5.44. The van der Waals surface area contributed by atoms with Gasteiger partial charge in [-0.15, -0.1) is 5.10 Å². The van der Waals surface area contributed by atoms with Crippen LogP contribution in [-0.2, 0) is 16.0 Å². The first-order chi connectivity index (χ1) is 10.3. The van der Waals surface area contributed by atoms with Crippen LogP contribution in [0.25, 0.3) is 0 Å². The number of nitrogens with zero attached hydrogens (tertiary/aromatic N) is 4. The predicted octanol–water partition coefficient (Wildman–Crippen LogP) is 1.80. The molecule has 0 spiro atoms. The molecule has 0 saturated carbocycles. The van der Waals surface area contributed by atoms with Crippen molar-refractivity contribution in [2.75, 3.05) is 20.3 Å². The van der Waals surface area contributed by atoms with Crippen molar-refractivity contribution in [2.24, 2.45) is 0 Å². The molecule has 0 aliphatic heterocycles. The molecule has 0 N–H and O–H groups in total. The van der Waals surface area contributed by atoms with Crippen LogP contribution in [0.5, 0.6) is 5.88 Å². The normalized spacial score (nSPS) is 11.0. The van der Waals surface area contributed by atoms with Crippen molar-refractivity contribution in [1.82, 2.24) is 20.0 Å². The summed E-state index contributed by atoms with van der Waals surface area (Å²) in [5.74, 6) is 0.578. The summed E-state index contributed by atoms with van der Waals surface area (Å²) in [6.07, 6.45) is 1.32. The minimum Gasteiger partial charge on any atom is -0.481 e. The van der Waals surface area contributed by atoms with Crippen LogP contribution in [0.1, 0.15) is 31.5 Å². The van der Waals surface area contributed by atoms with Gasteiger partial charge in [-0.05, 0) is 19.9 Å². The van der Waals surface area contributed by atoms with Crippen molar-refractivity contribution in [3.63, 3.8) is 0 Å². The number of rotatable bonds is 8. The van der Waals surface area contributed by atoms with Crippen LogP contribution in [0.2, 0.25) is 0 Å². The summed E-state index contributed by atoms with van der Waals surface area (Å²) >= 11 is 0. The monoisotopic (exact) mass is 292 g/mol. The highest BCUT2D eigenvalue weighted by molar-refractivity contribution is 5.15. The summed E-state index contributed by atoms with van der Waals surface area (Å²) < 4.78 is 17.8. The average molecular weight is 292 g/mol. The summed E-state index contributed by atoms with van der Waals surface area (Å²) in [4.78, 5) is 4.34. The smallest absolute Gasteiger partial charge is 0.213 e. The topological polar surface area (TPSA) is 71.3 Å². The molecule has 0 bridgehead atoms. The van der Waals surface area contributed by atoms with Crippen molar-refractivity contribution in [2.45, 2.75) is 26.7 Å². The summed E-state index contributed by atoms with van der Waals surface area (Å²) in [5.41, 5.74) is 1.50. The molecule has 0 aliphatic rings. The Morgan fingerprint density at radius 3 is 2.62 bits per heavy atom. The third-order valence-electron chi connectivity index (χ3n) is 2.75. The molecule has 0 atom stereocenters. The number of ether oxygens (including phenoxy) is 3. The Morgan fingerprint density at radius 1 is 1.19 bits per heavy atom. The fourth-order valence-corrected chi connectivity index (χ4v) is 1.85. The predicted molar refractivity (Wildman–Crippen MR) is 75.9 cm³/mol. The van der Waals surface area contributed by atoms with Gasteiger partial charge < -0.3 is 14.2 Å². The molecule has 7 heteroatoms. The molecule has 0 amide bonds. The number of hydrogen-bond donors (Lipinski definition) is 0. The van der Waals surface area contributed by atoms with E-state index in [9.17, 15) is 0 Å². The van der Waals surface area contributed by atoms with Crippen LogP contribution in [0.15, 0.2) is 24.4 Å². The zero-order valence-corrected chi connectivity index (χ0v) is 12.5. The minimum atomic E-state index is -0.480. The van der Waals surface area contributed by atoms with Gasteiger partial charge in [0, 0.05) is 19.3 Å². The van der Waals surface area contributed by atoms with Gasteiger partial charge in [0.05, 0.1) is 25.5 Å². The van der Waals surface area contributed by atoms with E-state index < -0.39 is 6.29 Å². The Morgan fingerprint density at radius 2 is 1.95 bits per heavy atom. The molecule has 0 unspecified atom stereocenters. The molecule has 114 valence electrons. The summed E-state index contributed by atoms with van der Waals surface area (Å²) in [7, 11) is 1.59. The molecule has 2 aromatic heterocycles. The first kappa shape index (κ1) is 15.4. The Hall–Kier alpha value is -1.99. The fraction of sp³-hybridized carbons (Fsp3) is 0.500. The fourth-order valence-electron chi connectivity index (χ4n) is 1.85. The van der Waals surface area contributed by atoms with Gasteiger partial charge in [-0.1, -0.05) is 11.3 Å². The first-order valence-electron chi connectivity index (χ1n) is 6.90. The Kier molecular flexibility index (Phi) is 5.65. The number of pyridine rings is 1. The van der Waals surface area contributed by atoms with Crippen molar-refractivity contribution >= 4 is 0 Å². The van der Waals surface area contributed by atoms with Crippen molar-refractivity contribution < 1.29 is 14.2 Å². The van der Waals surface area contributed by atoms with E-state index in [1.54, 1.807) is 24.1 Å². The third-order valence-corrected chi connectivity index (χ3v) is 2.75. The van der Waals surface area contributed by atoms with Gasteiger partial charge >= 0.3 is 0 Å². The van der Waals surface area contributed by atoms with Gasteiger partial charge in [0.2, 0.25) is 12.2 Å². The van der Waals surface area contributed by atoms with E-state index in [1.165, 1.54) is 0 Å². The van der Waals surface area contributed by atoms with E-state index in [1.807, 2.05) is 26.0 Å². The SMILES string of the molecule is CCOC(OCC)c1cn(Cc2cccc(OC)n2)nn1. The van der Waals surface area contributed by atoms with Gasteiger partial charge in [0.1, 0.15) is 5.69 Å². The zero-order valence-electron chi connectivity index (χ0n) is 12.5. The lowest BCUT2D eigenvalue weighted by molar-refractivity contribution is -0.142. The zero-order chi connectivity index (χ0) is 15.1. The second kappa shape index (κ2) is 7.70. The molecule has 0 saturated heterocycles. The van der Waals surface area contributed by atoms with Crippen molar-refractivity contribution in [3.8, 4) is 5.88 Å². The Bertz CT molecular complexity index is 553. The van der Waals surface area contributed by atoms with E-state index in [2.05, 4.69) is 15.3 Å². The summed E-state index contributed by atoms with van der Waals surface area (Å²) in [6, 6.07) is 5.60. The number of methoxy groups -OCH3 is 1. The average Bonchev–Trinajstić information content (AvgIpc) is 2.95. The van der Waals surface area contributed by atoms with E-state index in [4.69, 9.17) is 14.2 Å². The van der Waals surface area contributed by atoms with Crippen LogP contribution in [-0.4, -0.2) is 40.3 Å². The van der Waals surface area contributed by atoms with Gasteiger partial charge in [-0.3, -0.25) is 0 Å². The quantitative estimate of drug-likeness (QED) is 0.691. The number of aromatic nitrogens is 4. The molecular formula is C14H20N4O3. The minimum absolute atomic E-state index is 0.480. The van der Waals surface area contributed by atoms with Gasteiger partial charge in [0.15, 0.2) is 0 Å².